The van der Waals surface area contributed by atoms with Crippen LogP contribution in [0.25, 0.3) is 76.7 Å². The van der Waals surface area contributed by atoms with Crippen LogP contribution in [0.4, 0.5) is 34.1 Å². The van der Waals surface area contributed by atoms with Crippen LogP contribution < -0.4 is 9.80 Å². The molecular formula is C62H42N4OS. The van der Waals surface area contributed by atoms with E-state index in [-0.39, 0.29) is 0 Å². The van der Waals surface area contributed by atoms with Gasteiger partial charge in [-0.15, -0.1) is 11.3 Å². The molecule has 2 aromatic heterocycles. The second kappa shape index (κ2) is 17.9. The zero-order valence-corrected chi connectivity index (χ0v) is 37.7. The van der Waals surface area contributed by atoms with Crippen LogP contribution in [0.5, 0.6) is 0 Å². The van der Waals surface area contributed by atoms with Crippen LogP contribution in [-0.2, 0) is 0 Å². The summed E-state index contributed by atoms with van der Waals surface area (Å²) in [6.07, 6.45) is 0. The van der Waals surface area contributed by atoms with Gasteiger partial charge in [-0.25, -0.2) is 9.97 Å². The van der Waals surface area contributed by atoms with E-state index in [0.29, 0.717) is 5.89 Å². The highest BCUT2D eigenvalue weighted by Gasteiger charge is 2.17. The highest BCUT2D eigenvalue weighted by atomic mass is 32.1. The maximum atomic E-state index is 6.10. The Morgan fingerprint density at radius 1 is 0.294 bits per heavy atom. The first-order chi connectivity index (χ1) is 33.7. The van der Waals surface area contributed by atoms with Gasteiger partial charge in [0.2, 0.25) is 5.89 Å². The number of oxazole rings is 1. The molecule has 0 atom stereocenters. The molecule has 0 aliphatic carbocycles. The van der Waals surface area contributed by atoms with E-state index in [1.807, 2.05) is 30.3 Å². The zero-order valence-electron chi connectivity index (χ0n) is 36.9. The SMILES string of the molecule is c1ccc(N(c2ccc(-c3nc4ccccc4o3)cc2)c2cccc(-c3cccc(-c4cccc(-c5cccc(N(c6ccccc6)c6ccc(-c7nc8ccccc8s7)cc6)c5)c4)c3)c2)cc1. The normalized spacial score (nSPS) is 11.2. The van der Waals surface area contributed by atoms with E-state index < -0.39 is 0 Å². The van der Waals surface area contributed by atoms with Crippen molar-refractivity contribution < 1.29 is 4.42 Å². The smallest absolute Gasteiger partial charge is 0.227 e. The maximum absolute atomic E-state index is 6.10. The van der Waals surface area contributed by atoms with Gasteiger partial charge in [-0.1, -0.05) is 121 Å². The van der Waals surface area contributed by atoms with Gasteiger partial charge in [0.05, 0.1) is 10.2 Å². The molecule has 0 aliphatic heterocycles. The van der Waals surface area contributed by atoms with Gasteiger partial charge >= 0.3 is 0 Å². The quantitative estimate of drug-likeness (QED) is 0.129. The summed E-state index contributed by atoms with van der Waals surface area (Å²) < 4.78 is 7.29. The molecule has 12 aromatic rings. The molecule has 0 aliphatic rings. The second-order valence-electron chi connectivity index (χ2n) is 16.7. The molecule has 322 valence electrons. The molecule has 10 aromatic carbocycles. The van der Waals surface area contributed by atoms with Crippen molar-refractivity contribution in [3.8, 4) is 55.4 Å². The molecule has 0 fully saturated rings. The van der Waals surface area contributed by atoms with E-state index in [1.165, 1.54) is 4.70 Å². The molecule has 0 saturated heterocycles. The van der Waals surface area contributed by atoms with Crippen LogP contribution in [0, 0.1) is 0 Å². The lowest BCUT2D eigenvalue weighted by Crippen LogP contribution is -2.09. The van der Waals surface area contributed by atoms with E-state index in [2.05, 4.69) is 234 Å². The van der Waals surface area contributed by atoms with Crippen molar-refractivity contribution in [3.63, 3.8) is 0 Å². The first-order valence-electron chi connectivity index (χ1n) is 22.7. The average molecular weight is 891 g/mol. The number of rotatable bonds is 11. The van der Waals surface area contributed by atoms with Crippen molar-refractivity contribution in [3.05, 3.63) is 255 Å². The molecule has 0 radical (unpaired) electrons. The molecular weight excluding hydrogens is 849 g/mol. The third-order valence-electron chi connectivity index (χ3n) is 12.3. The van der Waals surface area contributed by atoms with Gasteiger partial charge < -0.3 is 14.2 Å². The Hall–Kier alpha value is -8.84. The van der Waals surface area contributed by atoms with Crippen LogP contribution in [0.1, 0.15) is 0 Å². The van der Waals surface area contributed by atoms with E-state index in [4.69, 9.17) is 14.4 Å². The number of nitrogens with zero attached hydrogens (tertiary/aromatic N) is 4. The van der Waals surface area contributed by atoms with E-state index in [0.717, 1.165) is 100 Å². The minimum atomic E-state index is 0.610. The molecule has 0 N–H and O–H groups in total. The van der Waals surface area contributed by atoms with Gasteiger partial charge in [0.15, 0.2) is 5.58 Å². The Bertz CT molecular complexity index is 3380. The van der Waals surface area contributed by atoms with Gasteiger partial charge in [0.1, 0.15) is 10.5 Å². The monoisotopic (exact) mass is 890 g/mol. The van der Waals surface area contributed by atoms with Gasteiger partial charge in [-0.05, 0) is 167 Å². The summed E-state index contributed by atoms with van der Waals surface area (Å²) in [6.45, 7) is 0. The molecule has 6 heteroatoms. The third kappa shape index (κ3) is 8.10. The molecule has 0 spiro atoms. The molecule has 0 saturated carbocycles. The predicted molar refractivity (Wildman–Crippen MR) is 284 cm³/mol. The number of hydrogen-bond acceptors (Lipinski definition) is 6. The molecule has 5 nitrogen and oxygen atoms in total. The molecule has 0 unspecified atom stereocenters. The van der Waals surface area contributed by atoms with Gasteiger partial charge in [0, 0.05) is 45.3 Å². The number of benzene rings is 10. The number of fused-ring (bicyclic) bond motifs is 2. The van der Waals surface area contributed by atoms with Gasteiger partial charge in [0.25, 0.3) is 0 Å². The number of aromatic nitrogens is 2. The minimum Gasteiger partial charge on any atom is -0.436 e. The number of para-hydroxylation sites is 5. The highest BCUT2D eigenvalue weighted by molar-refractivity contribution is 7.21. The summed E-state index contributed by atoms with van der Waals surface area (Å²) in [6, 6.07) is 89.8. The Morgan fingerprint density at radius 2 is 0.706 bits per heavy atom. The molecule has 68 heavy (non-hydrogen) atoms. The highest BCUT2D eigenvalue weighted by Crippen LogP contribution is 2.41. The first-order valence-corrected chi connectivity index (χ1v) is 23.5. The molecule has 12 rings (SSSR count). The number of anilines is 6. The summed E-state index contributed by atoms with van der Waals surface area (Å²) in [7, 11) is 0. The van der Waals surface area contributed by atoms with E-state index >= 15 is 0 Å². The van der Waals surface area contributed by atoms with Crippen molar-refractivity contribution in [1.29, 1.82) is 0 Å². The third-order valence-corrected chi connectivity index (χ3v) is 13.4. The lowest BCUT2D eigenvalue weighted by molar-refractivity contribution is 0.620. The van der Waals surface area contributed by atoms with Crippen molar-refractivity contribution >= 4 is 66.8 Å². The Balaban J connectivity index is 0.837. The average Bonchev–Trinajstić information content (AvgIpc) is 4.06. The Labute approximate surface area is 399 Å². The second-order valence-corrected chi connectivity index (χ2v) is 17.7. The van der Waals surface area contributed by atoms with Crippen LogP contribution in [0.3, 0.4) is 0 Å². The first kappa shape index (κ1) is 40.7. The van der Waals surface area contributed by atoms with Crippen LogP contribution in [0.2, 0.25) is 0 Å². The molecule has 0 amide bonds. The standard InChI is InChI=1S/C62H42N4OS/c1-3-21-51(22-4-1)65(53-35-31-43(32-36-53)61-63-57-27-7-9-29-59(57)67-61)55-25-13-19-49(41-55)47-17-11-15-45(39-47)46-16-12-18-48(40-46)50-20-14-26-56(42-50)66(52-23-5-2-6-24-52)54-37-33-44(34-38-54)62-64-58-28-8-10-30-60(58)68-62/h1-42H. The Kier molecular flexibility index (Phi) is 10.7. The molecule has 2 heterocycles. The van der Waals surface area contributed by atoms with Crippen LogP contribution in [0.15, 0.2) is 259 Å². The minimum absolute atomic E-state index is 0.610. The predicted octanol–water partition coefficient (Wildman–Crippen LogP) is 17.7. The fourth-order valence-electron chi connectivity index (χ4n) is 8.95. The largest absolute Gasteiger partial charge is 0.436 e. The molecule has 0 bridgehead atoms. The van der Waals surface area contributed by atoms with Gasteiger partial charge in [-0.3, -0.25) is 0 Å². The lowest BCUT2D eigenvalue weighted by atomic mass is 9.95. The maximum Gasteiger partial charge on any atom is 0.227 e. The van der Waals surface area contributed by atoms with E-state index in [1.54, 1.807) is 11.3 Å². The van der Waals surface area contributed by atoms with Crippen molar-refractivity contribution in [2.24, 2.45) is 0 Å². The van der Waals surface area contributed by atoms with Crippen molar-refractivity contribution in [1.82, 2.24) is 9.97 Å². The van der Waals surface area contributed by atoms with E-state index in [9.17, 15) is 0 Å². The summed E-state index contributed by atoms with van der Waals surface area (Å²) >= 11 is 1.73. The number of hydrogen-bond donors (Lipinski definition) is 0. The lowest BCUT2D eigenvalue weighted by Gasteiger charge is -2.26. The zero-order chi connectivity index (χ0) is 45.2. The van der Waals surface area contributed by atoms with Crippen molar-refractivity contribution in [2.75, 3.05) is 9.80 Å². The topological polar surface area (TPSA) is 45.4 Å². The Morgan fingerprint density at radius 3 is 1.22 bits per heavy atom. The summed E-state index contributed by atoms with van der Waals surface area (Å²) in [5.41, 5.74) is 18.0. The summed E-state index contributed by atoms with van der Waals surface area (Å²) in [4.78, 5) is 14.3. The summed E-state index contributed by atoms with van der Waals surface area (Å²) in [5, 5.41) is 1.02. The fraction of sp³-hybridized carbons (Fsp3) is 0. The number of thiazole rings is 1. The summed E-state index contributed by atoms with van der Waals surface area (Å²) in [5.74, 6) is 0.610. The van der Waals surface area contributed by atoms with Crippen LogP contribution in [-0.4, -0.2) is 9.97 Å². The van der Waals surface area contributed by atoms with Crippen LogP contribution >= 0.6 is 11.3 Å². The van der Waals surface area contributed by atoms with Crippen molar-refractivity contribution in [2.45, 2.75) is 0 Å². The van der Waals surface area contributed by atoms with Gasteiger partial charge in [-0.2, -0.15) is 0 Å². The fourth-order valence-corrected chi connectivity index (χ4v) is 9.92.